The third kappa shape index (κ3) is 2.41. The molecular weight excluding hydrogens is 302 g/mol. The summed E-state index contributed by atoms with van der Waals surface area (Å²) < 4.78 is 0.969. The van der Waals surface area contributed by atoms with Crippen LogP contribution in [0.5, 0.6) is 0 Å². The highest BCUT2D eigenvalue weighted by Gasteiger charge is 2.18. The molecule has 0 spiro atoms. The molecule has 0 radical (unpaired) electrons. The first-order valence-corrected chi connectivity index (χ1v) is 7.53. The number of nitrogen functional groups attached to an aromatic ring is 1. The third-order valence-electron chi connectivity index (χ3n) is 3.95. The molecule has 0 amide bonds. The molecule has 1 aliphatic rings. The van der Waals surface area contributed by atoms with E-state index in [4.69, 9.17) is 5.73 Å². The van der Waals surface area contributed by atoms with E-state index in [-0.39, 0.29) is 0 Å². The fourth-order valence-electron chi connectivity index (χ4n) is 2.71. The molecule has 0 unspecified atom stereocenters. The molecule has 4 heteroatoms. The van der Waals surface area contributed by atoms with Crippen LogP contribution >= 0.6 is 15.9 Å². The molecule has 0 saturated carbocycles. The Balaban J connectivity index is 2.07. The van der Waals surface area contributed by atoms with E-state index in [1.54, 1.807) is 0 Å². The van der Waals surface area contributed by atoms with Crippen molar-refractivity contribution in [3.05, 3.63) is 28.9 Å². The largest absolute Gasteiger partial charge is 0.398 e. The second-order valence-electron chi connectivity index (χ2n) is 5.39. The number of aromatic nitrogens is 1. The molecule has 0 aliphatic carbocycles. The highest BCUT2D eigenvalue weighted by molar-refractivity contribution is 9.10. The Bertz CT molecular complexity index is 604. The second-order valence-corrected chi connectivity index (χ2v) is 6.31. The summed E-state index contributed by atoms with van der Waals surface area (Å²) in [7, 11) is 0. The summed E-state index contributed by atoms with van der Waals surface area (Å²) >= 11 is 3.46. The molecule has 0 atom stereocenters. The molecule has 2 heterocycles. The van der Waals surface area contributed by atoms with Gasteiger partial charge < -0.3 is 10.6 Å². The molecule has 1 fully saturated rings. The van der Waals surface area contributed by atoms with Crippen LogP contribution in [0.15, 0.2) is 28.9 Å². The minimum atomic E-state index is 0.790. The lowest BCUT2D eigenvalue weighted by Crippen LogP contribution is -2.33. The normalized spacial score (nSPS) is 17.1. The van der Waals surface area contributed by atoms with Gasteiger partial charge in [0.05, 0.1) is 11.2 Å². The minimum Gasteiger partial charge on any atom is -0.398 e. The zero-order valence-electron chi connectivity index (χ0n) is 11.1. The number of halogens is 1. The summed E-state index contributed by atoms with van der Waals surface area (Å²) in [6, 6.07) is 6.14. The number of benzene rings is 1. The van der Waals surface area contributed by atoms with Crippen LogP contribution in [0.4, 0.5) is 11.4 Å². The fraction of sp³-hybridized carbons (Fsp3) is 0.400. The summed E-state index contributed by atoms with van der Waals surface area (Å²) in [6.45, 7) is 4.55. The average Bonchev–Trinajstić information content (AvgIpc) is 2.41. The van der Waals surface area contributed by atoms with Gasteiger partial charge in [0.2, 0.25) is 0 Å². The Hall–Kier alpha value is -1.29. The number of fused-ring (bicyclic) bond motifs is 1. The van der Waals surface area contributed by atoms with Crippen molar-refractivity contribution in [3.8, 4) is 0 Å². The van der Waals surface area contributed by atoms with Gasteiger partial charge >= 0.3 is 0 Å². The third-order valence-corrected chi connectivity index (χ3v) is 4.39. The van der Waals surface area contributed by atoms with Crippen LogP contribution in [0.1, 0.15) is 19.8 Å². The fourth-order valence-corrected chi connectivity index (χ4v) is 3.04. The topological polar surface area (TPSA) is 42.1 Å². The molecular formula is C15H18BrN3. The lowest BCUT2D eigenvalue weighted by Gasteiger charge is -2.32. The SMILES string of the molecule is CC1CCN(c2ccc(N)c3cc(Br)cnc23)CC1. The van der Waals surface area contributed by atoms with Crippen molar-refractivity contribution in [2.45, 2.75) is 19.8 Å². The predicted molar refractivity (Wildman–Crippen MR) is 84.5 cm³/mol. The maximum Gasteiger partial charge on any atom is 0.0956 e. The maximum atomic E-state index is 6.07. The molecule has 0 bridgehead atoms. The van der Waals surface area contributed by atoms with Crippen LogP contribution in [0.3, 0.4) is 0 Å². The Labute approximate surface area is 121 Å². The molecule has 3 rings (SSSR count). The molecule has 3 nitrogen and oxygen atoms in total. The summed E-state index contributed by atoms with van der Waals surface area (Å²) in [5.74, 6) is 0.832. The Morgan fingerprint density at radius 1 is 1.32 bits per heavy atom. The van der Waals surface area contributed by atoms with Crippen LogP contribution in [0.25, 0.3) is 10.9 Å². The van der Waals surface area contributed by atoms with Gasteiger partial charge in [0.1, 0.15) is 0 Å². The zero-order valence-corrected chi connectivity index (χ0v) is 12.7. The smallest absolute Gasteiger partial charge is 0.0956 e. The average molecular weight is 320 g/mol. The summed E-state index contributed by atoms with van der Waals surface area (Å²) in [5, 5.41) is 1.03. The number of pyridine rings is 1. The van der Waals surface area contributed by atoms with Gasteiger partial charge in [-0.15, -0.1) is 0 Å². The van der Waals surface area contributed by atoms with Crippen molar-refractivity contribution < 1.29 is 0 Å². The number of nitrogens with zero attached hydrogens (tertiary/aromatic N) is 2. The Morgan fingerprint density at radius 3 is 2.79 bits per heavy atom. The summed E-state index contributed by atoms with van der Waals surface area (Å²) in [4.78, 5) is 7.00. The van der Waals surface area contributed by atoms with Gasteiger partial charge in [-0.2, -0.15) is 0 Å². The van der Waals surface area contributed by atoms with E-state index < -0.39 is 0 Å². The lowest BCUT2D eigenvalue weighted by atomic mass is 9.98. The van der Waals surface area contributed by atoms with Crippen LogP contribution in [0.2, 0.25) is 0 Å². The quantitative estimate of drug-likeness (QED) is 0.812. The van der Waals surface area contributed by atoms with E-state index in [2.05, 4.69) is 38.8 Å². The number of hydrogen-bond acceptors (Lipinski definition) is 3. The highest BCUT2D eigenvalue weighted by Crippen LogP contribution is 2.33. The molecule has 2 aromatic rings. The van der Waals surface area contributed by atoms with E-state index in [0.717, 1.165) is 40.1 Å². The van der Waals surface area contributed by atoms with E-state index in [1.165, 1.54) is 18.5 Å². The summed E-state index contributed by atoms with van der Waals surface area (Å²) in [6.07, 6.45) is 4.35. The molecule has 1 aliphatic heterocycles. The zero-order chi connectivity index (χ0) is 13.4. The van der Waals surface area contributed by atoms with E-state index in [1.807, 2.05) is 18.3 Å². The van der Waals surface area contributed by atoms with Gasteiger partial charge in [-0.3, -0.25) is 4.98 Å². The van der Waals surface area contributed by atoms with Crippen LogP contribution < -0.4 is 10.6 Å². The van der Waals surface area contributed by atoms with Gasteiger partial charge in [-0.25, -0.2) is 0 Å². The van der Waals surface area contributed by atoms with Gasteiger partial charge in [0.25, 0.3) is 0 Å². The molecule has 19 heavy (non-hydrogen) atoms. The van der Waals surface area contributed by atoms with Gasteiger partial charge in [-0.05, 0) is 52.9 Å². The molecule has 1 aromatic carbocycles. The molecule has 1 saturated heterocycles. The minimum absolute atomic E-state index is 0.790. The number of hydrogen-bond donors (Lipinski definition) is 1. The van der Waals surface area contributed by atoms with Crippen molar-refractivity contribution in [1.29, 1.82) is 0 Å². The van der Waals surface area contributed by atoms with Gasteiger partial charge in [0, 0.05) is 34.8 Å². The Morgan fingerprint density at radius 2 is 2.05 bits per heavy atom. The predicted octanol–water partition coefficient (Wildman–Crippen LogP) is 3.82. The van der Waals surface area contributed by atoms with Crippen molar-refractivity contribution in [2.75, 3.05) is 23.7 Å². The molecule has 1 aromatic heterocycles. The number of rotatable bonds is 1. The van der Waals surface area contributed by atoms with Crippen molar-refractivity contribution in [2.24, 2.45) is 5.92 Å². The lowest BCUT2D eigenvalue weighted by molar-refractivity contribution is 0.439. The summed E-state index contributed by atoms with van der Waals surface area (Å²) in [5.41, 5.74) is 9.08. The molecule has 100 valence electrons. The van der Waals surface area contributed by atoms with Crippen molar-refractivity contribution >= 4 is 38.2 Å². The van der Waals surface area contributed by atoms with E-state index >= 15 is 0 Å². The van der Waals surface area contributed by atoms with Crippen LogP contribution in [0, 0.1) is 5.92 Å². The Kier molecular flexibility index (Phi) is 3.35. The first-order chi connectivity index (χ1) is 9.15. The standard InChI is InChI=1S/C15H18BrN3/c1-10-4-6-19(7-5-10)14-3-2-13(17)12-8-11(16)9-18-15(12)14/h2-3,8-10H,4-7,17H2,1H3. The second kappa shape index (κ2) is 5.00. The van der Waals surface area contributed by atoms with E-state index in [0.29, 0.717) is 0 Å². The van der Waals surface area contributed by atoms with Crippen LogP contribution in [-0.2, 0) is 0 Å². The first-order valence-electron chi connectivity index (χ1n) is 6.74. The van der Waals surface area contributed by atoms with Gasteiger partial charge in [0.15, 0.2) is 0 Å². The van der Waals surface area contributed by atoms with Crippen molar-refractivity contribution in [3.63, 3.8) is 0 Å². The number of anilines is 2. The van der Waals surface area contributed by atoms with Gasteiger partial charge in [-0.1, -0.05) is 6.92 Å². The maximum absolute atomic E-state index is 6.07. The van der Waals surface area contributed by atoms with Crippen LogP contribution in [-0.4, -0.2) is 18.1 Å². The number of piperidine rings is 1. The monoisotopic (exact) mass is 319 g/mol. The van der Waals surface area contributed by atoms with Crippen molar-refractivity contribution in [1.82, 2.24) is 4.98 Å². The number of nitrogens with two attached hydrogens (primary N) is 1. The molecule has 2 N–H and O–H groups in total. The highest BCUT2D eigenvalue weighted by atomic mass is 79.9. The van der Waals surface area contributed by atoms with E-state index in [9.17, 15) is 0 Å². The first kappa shape index (κ1) is 12.7.